The van der Waals surface area contributed by atoms with E-state index >= 15 is 0 Å². The van der Waals surface area contributed by atoms with Crippen LogP contribution in [0.3, 0.4) is 0 Å². The SMILES string of the molecule is CCc1sc(C)nc1-c1ccc(C(=O)Nc2ccc(Oc3ccccc3)cc2)cc1. The van der Waals surface area contributed by atoms with Gasteiger partial charge < -0.3 is 10.1 Å². The van der Waals surface area contributed by atoms with Gasteiger partial charge >= 0.3 is 0 Å². The van der Waals surface area contributed by atoms with Crippen LogP contribution in [0.2, 0.25) is 0 Å². The van der Waals surface area contributed by atoms with E-state index in [4.69, 9.17) is 4.74 Å². The number of hydrogen-bond acceptors (Lipinski definition) is 4. The van der Waals surface area contributed by atoms with Crippen LogP contribution in [0.25, 0.3) is 11.3 Å². The number of carbonyl (C=O) groups excluding carboxylic acids is 1. The van der Waals surface area contributed by atoms with Gasteiger partial charge in [-0.05, 0) is 61.9 Å². The van der Waals surface area contributed by atoms with Crippen molar-refractivity contribution in [2.45, 2.75) is 20.3 Å². The number of aromatic nitrogens is 1. The van der Waals surface area contributed by atoms with E-state index in [-0.39, 0.29) is 5.91 Å². The van der Waals surface area contributed by atoms with Crippen molar-refractivity contribution in [3.8, 4) is 22.8 Å². The molecule has 0 saturated carbocycles. The van der Waals surface area contributed by atoms with Gasteiger partial charge in [0.25, 0.3) is 5.91 Å². The van der Waals surface area contributed by atoms with Crippen LogP contribution < -0.4 is 10.1 Å². The van der Waals surface area contributed by atoms with Gasteiger partial charge in [0.2, 0.25) is 0 Å². The standard InChI is InChI=1S/C25H22N2O2S/c1-3-23-24(26-17(2)30-23)18-9-11-19(12-10-18)25(28)27-20-13-15-22(16-14-20)29-21-7-5-4-6-8-21/h4-16H,3H2,1-2H3,(H,27,28). The van der Waals surface area contributed by atoms with Crippen LogP contribution in [0.15, 0.2) is 78.9 Å². The Hall–Kier alpha value is -3.44. The quantitative estimate of drug-likeness (QED) is 0.381. The number of hydrogen-bond donors (Lipinski definition) is 1. The van der Waals surface area contributed by atoms with Crippen molar-refractivity contribution >= 4 is 22.9 Å². The van der Waals surface area contributed by atoms with E-state index in [1.165, 1.54) is 4.88 Å². The summed E-state index contributed by atoms with van der Waals surface area (Å²) in [6, 6.07) is 24.5. The van der Waals surface area contributed by atoms with E-state index in [0.717, 1.165) is 28.4 Å². The Kier molecular flexibility index (Phi) is 5.91. The van der Waals surface area contributed by atoms with Crippen LogP contribution in [-0.2, 0) is 6.42 Å². The lowest BCUT2D eigenvalue weighted by Gasteiger charge is -2.09. The maximum atomic E-state index is 12.6. The molecule has 0 atom stereocenters. The molecule has 3 aromatic carbocycles. The van der Waals surface area contributed by atoms with E-state index in [1.807, 2.05) is 85.8 Å². The summed E-state index contributed by atoms with van der Waals surface area (Å²) in [7, 11) is 0. The fraction of sp³-hybridized carbons (Fsp3) is 0.120. The smallest absolute Gasteiger partial charge is 0.255 e. The molecule has 0 aliphatic rings. The average molecular weight is 415 g/mol. The first kappa shape index (κ1) is 19.9. The Labute approximate surface area is 180 Å². The van der Waals surface area contributed by atoms with Crippen molar-refractivity contribution < 1.29 is 9.53 Å². The number of anilines is 1. The van der Waals surface area contributed by atoms with E-state index in [1.54, 1.807) is 11.3 Å². The molecule has 1 amide bonds. The molecule has 0 spiro atoms. The first-order valence-electron chi connectivity index (χ1n) is 9.83. The summed E-state index contributed by atoms with van der Waals surface area (Å²) in [6.07, 6.45) is 0.951. The number of nitrogens with zero attached hydrogens (tertiary/aromatic N) is 1. The number of rotatable bonds is 6. The zero-order valence-corrected chi connectivity index (χ0v) is 17.7. The van der Waals surface area contributed by atoms with Gasteiger partial charge in [-0.3, -0.25) is 4.79 Å². The summed E-state index contributed by atoms with van der Waals surface area (Å²) in [4.78, 5) is 18.5. The molecule has 1 heterocycles. The van der Waals surface area contributed by atoms with Crippen LogP contribution in [0.5, 0.6) is 11.5 Å². The molecule has 4 nitrogen and oxygen atoms in total. The Balaban J connectivity index is 1.42. The van der Waals surface area contributed by atoms with Crippen LogP contribution >= 0.6 is 11.3 Å². The molecule has 4 rings (SSSR count). The van der Waals surface area contributed by atoms with Crippen molar-refractivity contribution in [3.63, 3.8) is 0 Å². The molecule has 0 fully saturated rings. The number of thiazole rings is 1. The molecule has 1 aromatic heterocycles. The van der Waals surface area contributed by atoms with Crippen molar-refractivity contribution in [3.05, 3.63) is 94.3 Å². The van der Waals surface area contributed by atoms with E-state index < -0.39 is 0 Å². The molecule has 0 radical (unpaired) electrons. The summed E-state index contributed by atoms with van der Waals surface area (Å²) < 4.78 is 5.78. The van der Waals surface area contributed by atoms with Crippen molar-refractivity contribution in [2.24, 2.45) is 0 Å². The zero-order chi connectivity index (χ0) is 20.9. The van der Waals surface area contributed by atoms with Gasteiger partial charge in [-0.15, -0.1) is 11.3 Å². The maximum Gasteiger partial charge on any atom is 0.255 e. The van der Waals surface area contributed by atoms with Crippen molar-refractivity contribution in [1.29, 1.82) is 0 Å². The summed E-state index contributed by atoms with van der Waals surface area (Å²) in [5.74, 6) is 1.34. The van der Waals surface area contributed by atoms with Gasteiger partial charge in [-0.2, -0.15) is 0 Å². The van der Waals surface area contributed by atoms with Crippen molar-refractivity contribution in [1.82, 2.24) is 4.98 Å². The predicted octanol–water partition coefficient (Wildman–Crippen LogP) is 6.73. The summed E-state index contributed by atoms with van der Waals surface area (Å²) in [5.41, 5.74) is 3.37. The average Bonchev–Trinajstić information content (AvgIpc) is 3.17. The van der Waals surface area contributed by atoms with Crippen LogP contribution in [0.1, 0.15) is 27.2 Å². The number of aryl methyl sites for hydroxylation is 2. The second-order valence-corrected chi connectivity index (χ2v) is 8.12. The number of carbonyl (C=O) groups is 1. The van der Waals surface area contributed by atoms with E-state index in [2.05, 4.69) is 17.2 Å². The fourth-order valence-electron chi connectivity index (χ4n) is 3.15. The number of amides is 1. The lowest BCUT2D eigenvalue weighted by atomic mass is 10.1. The van der Waals surface area contributed by atoms with Gasteiger partial charge in [-0.25, -0.2) is 4.98 Å². The molecule has 0 bridgehead atoms. The molecule has 0 unspecified atom stereocenters. The minimum absolute atomic E-state index is 0.150. The summed E-state index contributed by atoms with van der Waals surface area (Å²) in [5, 5.41) is 3.99. The molecule has 4 aromatic rings. The molecule has 0 aliphatic carbocycles. The number of nitrogens with one attached hydrogen (secondary N) is 1. The summed E-state index contributed by atoms with van der Waals surface area (Å²) in [6.45, 7) is 4.15. The molecular formula is C25H22N2O2S. The van der Waals surface area contributed by atoms with Gasteiger partial charge in [-0.1, -0.05) is 37.3 Å². The lowest BCUT2D eigenvalue weighted by molar-refractivity contribution is 0.102. The van der Waals surface area contributed by atoms with Crippen LogP contribution in [0, 0.1) is 6.92 Å². The zero-order valence-electron chi connectivity index (χ0n) is 16.9. The maximum absolute atomic E-state index is 12.6. The predicted molar refractivity (Wildman–Crippen MR) is 123 cm³/mol. The van der Waals surface area contributed by atoms with Crippen LogP contribution in [-0.4, -0.2) is 10.9 Å². The highest BCUT2D eigenvalue weighted by Crippen LogP contribution is 2.29. The first-order chi connectivity index (χ1) is 14.6. The minimum Gasteiger partial charge on any atom is -0.457 e. The van der Waals surface area contributed by atoms with Gasteiger partial charge in [0, 0.05) is 21.7 Å². The first-order valence-corrected chi connectivity index (χ1v) is 10.6. The van der Waals surface area contributed by atoms with Crippen molar-refractivity contribution in [2.75, 3.05) is 5.32 Å². The fourth-order valence-corrected chi connectivity index (χ4v) is 4.05. The number of benzene rings is 3. The van der Waals surface area contributed by atoms with Crippen LogP contribution in [0.4, 0.5) is 5.69 Å². The third kappa shape index (κ3) is 4.58. The topological polar surface area (TPSA) is 51.2 Å². The Bertz CT molecular complexity index is 1130. The third-order valence-electron chi connectivity index (χ3n) is 4.64. The minimum atomic E-state index is -0.150. The Morgan fingerprint density at radius 1 is 0.933 bits per heavy atom. The third-order valence-corrected chi connectivity index (χ3v) is 5.75. The molecule has 0 saturated heterocycles. The molecule has 0 aliphatic heterocycles. The normalized spacial score (nSPS) is 10.6. The highest BCUT2D eigenvalue weighted by atomic mass is 32.1. The van der Waals surface area contributed by atoms with E-state index in [9.17, 15) is 4.79 Å². The molecule has 1 N–H and O–H groups in total. The lowest BCUT2D eigenvalue weighted by Crippen LogP contribution is -2.11. The second-order valence-electron chi connectivity index (χ2n) is 6.83. The second kappa shape index (κ2) is 8.93. The molecular weight excluding hydrogens is 392 g/mol. The molecule has 150 valence electrons. The largest absolute Gasteiger partial charge is 0.457 e. The van der Waals surface area contributed by atoms with Gasteiger partial charge in [0.15, 0.2) is 0 Å². The Morgan fingerprint density at radius 2 is 1.60 bits per heavy atom. The number of para-hydroxylation sites is 1. The summed E-state index contributed by atoms with van der Waals surface area (Å²) >= 11 is 1.72. The monoisotopic (exact) mass is 414 g/mol. The number of ether oxygens (including phenoxy) is 1. The molecule has 5 heteroatoms. The van der Waals surface area contributed by atoms with E-state index in [0.29, 0.717) is 17.0 Å². The molecule has 30 heavy (non-hydrogen) atoms. The van der Waals surface area contributed by atoms with Gasteiger partial charge in [0.05, 0.1) is 10.7 Å². The highest BCUT2D eigenvalue weighted by molar-refractivity contribution is 7.12. The Morgan fingerprint density at radius 3 is 2.27 bits per heavy atom. The van der Waals surface area contributed by atoms with Gasteiger partial charge in [0.1, 0.15) is 11.5 Å². The highest BCUT2D eigenvalue weighted by Gasteiger charge is 2.12.